The van der Waals surface area contributed by atoms with Crippen LogP contribution in [0.5, 0.6) is 5.75 Å². The zero-order chi connectivity index (χ0) is 32.3. The Morgan fingerprint density at radius 3 is 2.28 bits per heavy atom. The van der Waals surface area contributed by atoms with Gasteiger partial charge in [0, 0.05) is 35.4 Å². The van der Waals surface area contributed by atoms with Crippen LogP contribution in [-0.4, -0.2) is 48.7 Å². The molecule has 1 fully saturated rings. The van der Waals surface area contributed by atoms with Gasteiger partial charge in [-0.3, -0.25) is 9.59 Å². The van der Waals surface area contributed by atoms with Crippen LogP contribution in [0.1, 0.15) is 94.8 Å². The molecule has 1 aliphatic rings. The molecule has 1 aromatic carbocycles. The van der Waals surface area contributed by atoms with Crippen molar-refractivity contribution in [1.29, 1.82) is 0 Å². The highest BCUT2D eigenvalue weighted by molar-refractivity contribution is 7.89. The Labute approximate surface area is 253 Å². The lowest BCUT2D eigenvalue weighted by atomic mass is 9.89. The van der Waals surface area contributed by atoms with E-state index in [2.05, 4.69) is 10.0 Å². The standard InChI is InChI=1S/C31H45F2N3O6S/c1-19-25(43(40,41)35-30(3,4)5)14-13-22(26(19)42-29(32)33)24-17-23(27(37)34-16-15-31(6,7)28(38)39)20(2)36(24)18-21-11-9-8-10-12-21/h13-14,17,21,29,35H,8-12,15-16,18H2,1-7H3,(H,34,37)(H,38,39). The molecule has 0 bridgehead atoms. The zero-order valence-electron chi connectivity index (χ0n) is 26.1. The van der Waals surface area contributed by atoms with Gasteiger partial charge in [-0.25, -0.2) is 13.1 Å². The molecular weight excluding hydrogens is 580 g/mol. The number of benzene rings is 1. The summed E-state index contributed by atoms with van der Waals surface area (Å²) in [5, 5.41) is 12.2. The van der Waals surface area contributed by atoms with Gasteiger partial charge in [0.2, 0.25) is 10.0 Å². The van der Waals surface area contributed by atoms with Crippen molar-refractivity contribution in [2.45, 2.75) is 111 Å². The van der Waals surface area contributed by atoms with Gasteiger partial charge >= 0.3 is 12.6 Å². The van der Waals surface area contributed by atoms with Crippen molar-refractivity contribution in [3.8, 4) is 17.0 Å². The number of rotatable bonds is 12. The number of hydrogen-bond acceptors (Lipinski definition) is 5. The Balaban J connectivity index is 2.13. The lowest BCUT2D eigenvalue weighted by Crippen LogP contribution is -2.40. The predicted molar refractivity (Wildman–Crippen MR) is 161 cm³/mol. The highest BCUT2D eigenvalue weighted by atomic mass is 32.2. The maximum Gasteiger partial charge on any atom is 0.387 e. The van der Waals surface area contributed by atoms with Gasteiger partial charge in [-0.2, -0.15) is 8.78 Å². The molecule has 12 heteroatoms. The summed E-state index contributed by atoms with van der Waals surface area (Å²) >= 11 is 0. The fourth-order valence-electron chi connectivity index (χ4n) is 5.52. The first kappa shape index (κ1) is 34.5. The van der Waals surface area contributed by atoms with Crippen LogP contribution in [-0.2, 0) is 21.4 Å². The van der Waals surface area contributed by atoms with E-state index in [4.69, 9.17) is 4.74 Å². The minimum Gasteiger partial charge on any atom is -0.481 e. The Morgan fingerprint density at radius 2 is 1.72 bits per heavy atom. The molecule has 0 aliphatic heterocycles. The summed E-state index contributed by atoms with van der Waals surface area (Å²) in [6.45, 7) is 8.90. The maximum absolute atomic E-state index is 13.8. The fraction of sp³-hybridized carbons (Fsp3) is 0.613. The van der Waals surface area contributed by atoms with E-state index >= 15 is 0 Å². The number of aliphatic carboxylic acids is 1. The summed E-state index contributed by atoms with van der Waals surface area (Å²) in [7, 11) is -4.07. The second-order valence-corrected chi connectivity index (χ2v) is 14.8. The molecule has 1 aromatic heterocycles. The van der Waals surface area contributed by atoms with Crippen LogP contribution in [0.4, 0.5) is 8.78 Å². The van der Waals surface area contributed by atoms with Gasteiger partial charge in [0.25, 0.3) is 5.91 Å². The number of carbonyl (C=O) groups is 2. The molecule has 2 aromatic rings. The summed E-state index contributed by atoms with van der Waals surface area (Å²) in [5.74, 6) is -1.33. The monoisotopic (exact) mass is 625 g/mol. The third-order valence-corrected chi connectivity index (χ3v) is 9.86. The van der Waals surface area contributed by atoms with Crippen molar-refractivity contribution in [3.05, 3.63) is 35.0 Å². The molecule has 0 spiro atoms. The van der Waals surface area contributed by atoms with Crippen LogP contribution in [0.25, 0.3) is 11.3 Å². The third-order valence-electron chi connectivity index (χ3n) is 7.96. The van der Waals surface area contributed by atoms with Crippen LogP contribution in [0.2, 0.25) is 0 Å². The van der Waals surface area contributed by atoms with Crippen molar-refractivity contribution in [1.82, 2.24) is 14.6 Å². The molecule has 240 valence electrons. The highest BCUT2D eigenvalue weighted by Gasteiger charge is 2.31. The van der Waals surface area contributed by atoms with Crippen molar-refractivity contribution < 1.29 is 36.6 Å². The molecule has 3 rings (SSSR count). The number of carboxylic acid groups (broad SMARTS) is 1. The fourth-order valence-corrected chi connectivity index (χ4v) is 7.18. The minimum absolute atomic E-state index is 0.0273. The first-order chi connectivity index (χ1) is 19.8. The predicted octanol–water partition coefficient (Wildman–Crippen LogP) is 6.26. The highest BCUT2D eigenvalue weighted by Crippen LogP contribution is 2.40. The number of nitrogens with zero attached hydrogens (tertiary/aromatic N) is 1. The van der Waals surface area contributed by atoms with Gasteiger partial charge in [-0.05, 0) is 91.8 Å². The first-order valence-electron chi connectivity index (χ1n) is 14.7. The number of ether oxygens (including phenoxy) is 1. The number of aromatic nitrogens is 1. The average Bonchev–Trinajstić information content (AvgIpc) is 3.19. The van der Waals surface area contributed by atoms with E-state index in [-0.39, 0.29) is 34.7 Å². The Hall–Kier alpha value is -2.99. The smallest absolute Gasteiger partial charge is 0.387 e. The summed E-state index contributed by atoms with van der Waals surface area (Å²) in [6, 6.07) is 4.44. The van der Waals surface area contributed by atoms with Gasteiger partial charge < -0.3 is 19.7 Å². The minimum atomic E-state index is -4.07. The van der Waals surface area contributed by atoms with E-state index < -0.39 is 39.5 Å². The molecule has 0 atom stereocenters. The number of halogens is 2. The van der Waals surface area contributed by atoms with Crippen molar-refractivity contribution in [2.75, 3.05) is 6.54 Å². The number of sulfonamides is 1. The molecule has 1 aliphatic carbocycles. The molecule has 0 unspecified atom stereocenters. The van der Waals surface area contributed by atoms with Crippen LogP contribution >= 0.6 is 0 Å². The number of hydrogen-bond donors (Lipinski definition) is 3. The number of nitrogens with one attached hydrogen (secondary N) is 2. The van der Waals surface area contributed by atoms with E-state index in [1.807, 2.05) is 4.57 Å². The van der Waals surface area contributed by atoms with E-state index in [1.165, 1.54) is 19.1 Å². The van der Waals surface area contributed by atoms with Gasteiger partial charge in [-0.1, -0.05) is 19.3 Å². The molecule has 43 heavy (non-hydrogen) atoms. The molecule has 0 radical (unpaired) electrons. The average molecular weight is 626 g/mol. The van der Waals surface area contributed by atoms with Crippen LogP contribution in [0.15, 0.2) is 23.1 Å². The number of carbonyl (C=O) groups excluding carboxylic acids is 1. The molecule has 9 nitrogen and oxygen atoms in total. The van der Waals surface area contributed by atoms with E-state index in [9.17, 15) is 31.9 Å². The summed E-state index contributed by atoms with van der Waals surface area (Å²) in [6.07, 6.45) is 5.53. The van der Waals surface area contributed by atoms with Crippen molar-refractivity contribution in [2.24, 2.45) is 11.3 Å². The lowest BCUT2D eigenvalue weighted by molar-refractivity contribution is -0.147. The van der Waals surface area contributed by atoms with Gasteiger partial charge in [0.15, 0.2) is 0 Å². The normalized spacial score (nSPS) is 15.1. The first-order valence-corrected chi connectivity index (χ1v) is 16.2. The zero-order valence-corrected chi connectivity index (χ0v) is 27.0. The van der Waals surface area contributed by atoms with Gasteiger partial charge in [-0.15, -0.1) is 0 Å². The quantitative estimate of drug-likeness (QED) is 0.256. The van der Waals surface area contributed by atoms with E-state index in [0.717, 1.165) is 32.1 Å². The number of amides is 1. The van der Waals surface area contributed by atoms with Gasteiger partial charge in [0.1, 0.15) is 5.75 Å². The summed E-state index contributed by atoms with van der Waals surface area (Å²) in [5.41, 5.74) is -0.138. The van der Waals surface area contributed by atoms with Crippen LogP contribution < -0.4 is 14.8 Å². The van der Waals surface area contributed by atoms with Crippen molar-refractivity contribution in [3.63, 3.8) is 0 Å². The molecular formula is C31H45F2N3O6S. The van der Waals surface area contributed by atoms with E-state index in [0.29, 0.717) is 29.4 Å². The van der Waals surface area contributed by atoms with E-state index in [1.54, 1.807) is 47.6 Å². The number of alkyl halides is 2. The summed E-state index contributed by atoms with van der Waals surface area (Å²) < 4.78 is 63.4. The number of carboxylic acids is 1. The topological polar surface area (TPSA) is 127 Å². The third kappa shape index (κ3) is 8.56. The SMILES string of the molecule is Cc1c(S(=O)(=O)NC(C)(C)C)ccc(-c2cc(C(=O)NCCC(C)(C)C(=O)O)c(C)n2CC2CCCCC2)c1OC(F)F. The lowest BCUT2D eigenvalue weighted by Gasteiger charge is -2.25. The molecule has 3 N–H and O–H groups in total. The molecule has 0 saturated heterocycles. The van der Waals surface area contributed by atoms with Crippen molar-refractivity contribution >= 4 is 21.9 Å². The van der Waals surface area contributed by atoms with Gasteiger partial charge in [0.05, 0.1) is 21.6 Å². The Kier molecular flexibility index (Phi) is 10.7. The summed E-state index contributed by atoms with van der Waals surface area (Å²) in [4.78, 5) is 24.7. The molecule has 1 heterocycles. The second-order valence-electron chi connectivity index (χ2n) is 13.1. The van der Waals surface area contributed by atoms with Crippen LogP contribution in [0.3, 0.4) is 0 Å². The van der Waals surface area contributed by atoms with Crippen LogP contribution in [0, 0.1) is 25.2 Å². The molecule has 1 amide bonds. The maximum atomic E-state index is 13.8. The Bertz CT molecular complexity index is 1440. The molecule has 1 saturated carbocycles. The largest absolute Gasteiger partial charge is 0.481 e. The Morgan fingerprint density at radius 1 is 1.09 bits per heavy atom. The second kappa shape index (κ2) is 13.3.